The average molecular weight is 228 g/mol. The number of carbonyl (C=O) groups excluding carboxylic acids is 1. The Hall–Kier alpha value is -0.650. The highest BCUT2D eigenvalue weighted by Gasteiger charge is 2.22. The molecule has 0 bridgehead atoms. The third kappa shape index (κ3) is 3.73. The molecule has 1 saturated heterocycles. The molecule has 16 heavy (non-hydrogen) atoms. The highest BCUT2D eigenvalue weighted by molar-refractivity contribution is 5.81. The van der Waals surface area contributed by atoms with Gasteiger partial charge in [-0.05, 0) is 28.1 Å². The summed E-state index contributed by atoms with van der Waals surface area (Å²) >= 11 is 0. The average Bonchev–Trinajstić information content (AvgIpc) is 2.28. The van der Waals surface area contributed by atoms with Gasteiger partial charge in [0.15, 0.2) is 0 Å². The molecule has 0 aliphatic carbocycles. The molecule has 1 aliphatic rings. The van der Waals surface area contributed by atoms with Crippen molar-refractivity contribution >= 4 is 5.91 Å². The van der Waals surface area contributed by atoms with Gasteiger partial charge in [0.25, 0.3) is 0 Å². The molecule has 0 aromatic carbocycles. The van der Waals surface area contributed by atoms with E-state index in [-0.39, 0.29) is 11.9 Å². The van der Waals surface area contributed by atoms with Gasteiger partial charge in [-0.15, -0.1) is 0 Å². The molecule has 0 saturated carbocycles. The van der Waals surface area contributed by atoms with E-state index in [1.165, 1.54) is 0 Å². The van der Waals surface area contributed by atoms with Crippen LogP contribution in [0.4, 0.5) is 0 Å². The molecule has 1 aliphatic heterocycles. The Morgan fingerprint density at radius 3 is 2.75 bits per heavy atom. The zero-order valence-electron chi connectivity index (χ0n) is 10.8. The fourth-order valence-electron chi connectivity index (χ4n) is 1.82. The van der Waals surface area contributed by atoms with Crippen molar-refractivity contribution in [1.82, 2.24) is 20.4 Å². The van der Waals surface area contributed by atoms with E-state index in [9.17, 15) is 4.79 Å². The van der Waals surface area contributed by atoms with Crippen LogP contribution in [0.15, 0.2) is 0 Å². The van der Waals surface area contributed by atoms with Gasteiger partial charge in [0.05, 0.1) is 6.04 Å². The van der Waals surface area contributed by atoms with Crippen molar-refractivity contribution in [3.05, 3.63) is 0 Å². The van der Waals surface area contributed by atoms with E-state index in [1.54, 1.807) is 7.05 Å². The molecule has 2 N–H and O–H groups in total. The van der Waals surface area contributed by atoms with Gasteiger partial charge >= 0.3 is 0 Å². The first-order valence-electron chi connectivity index (χ1n) is 5.88. The molecule has 0 spiro atoms. The second-order valence-corrected chi connectivity index (χ2v) is 4.65. The van der Waals surface area contributed by atoms with Crippen molar-refractivity contribution in [2.75, 3.05) is 47.3 Å². The summed E-state index contributed by atoms with van der Waals surface area (Å²) in [6, 6.07) is 0.304. The Balaban J connectivity index is 2.33. The van der Waals surface area contributed by atoms with Gasteiger partial charge in [-0.25, -0.2) is 0 Å². The molecule has 0 radical (unpaired) electrons. The Kier molecular flexibility index (Phi) is 5.18. The second kappa shape index (κ2) is 6.18. The predicted molar refractivity (Wildman–Crippen MR) is 65.4 cm³/mol. The van der Waals surface area contributed by atoms with Crippen LogP contribution >= 0.6 is 0 Å². The Bertz CT molecular complexity index is 234. The van der Waals surface area contributed by atoms with Gasteiger partial charge in [-0.1, -0.05) is 0 Å². The minimum absolute atomic E-state index is 0.0733. The van der Waals surface area contributed by atoms with Gasteiger partial charge in [-0.2, -0.15) is 0 Å². The topological polar surface area (TPSA) is 47.6 Å². The van der Waals surface area contributed by atoms with Gasteiger partial charge < -0.3 is 15.5 Å². The van der Waals surface area contributed by atoms with Gasteiger partial charge in [0.2, 0.25) is 5.91 Å². The maximum atomic E-state index is 11.6. The van der Waals surface area contributed by atoms with E-state index in [4.69, 9.17) is 0 Å². The lowest BCUT2D eigenvalue weighted by molar-refractivity contribution is -0.122. The first-order chi connectivity index (χ1) is 7.54. The molecule has 5 nitrogen and oxygen atoms in total. The summed E-state index contributed by atoms with van der Waals surface area (Å²) in [6.07, 6.45) is 0. The third-order valence-corrected chi connectivity index (χ3v) is 3.32. The zero-order valence-corrected chi connectivity index (χ0v) is 10.8. The molecule has 2 unspecified atom stereocenters. The van der Waals surface area contributed by atoms with Crippen LogP contribution in [0.1, 0.15) is 6.92 Å². The van der Waals surface area contributed by atoms with E-state index >= 15 is 0 Å². The fourth-order valence-corrected chi connectivity index (χ4v) is 1.82. The standard InChI is InChI=1S/C11H24N4O/c1-9(12-2)11(16)13-7-10-8-14(3)5-6-15(10)4/h9-10,12H,5-8H2,1-4H3,(H,13,16). The van der Waals surface area contributed by atoms with Crippen molar-refractivity contribution in [3.8, 4) is 0 Å². The lowest BCUT2D eigenvalue weighted by Crippen LogP contribution is -2.55. The second-order valence-electron chi connectivity index (χ2n) is 4.65. The summed E-state index contributed by atoms with van der Waals surface area (Å²) in [7, 11) is 6.04. The monoisotopic (exact) mass is 228 g/mol. The van der Waals surface area contributed by atoms with Crippen molar-refractivity contribution in [2.24, 2.45) is 0 Å². The zero-order chi connectivity index (χ0) is 12.1. The molecule has 5 heteroatoms. The van der Waals surface area contributed by atoms with Gasteiger partial charge in [0.1, 0.15) is 0 Å². The maximum Gasteiger partial charge on any atom is 0.236 e. The highest BCUT2D eigenvalue weighted by atomic mass is 16.2. The van der Waals surface area contributed by atoms with Crippen LogP contribution in [0.5, 0.6) is 0 Å². The number of nitrogens with zero attached hydrogens (tertiary/aromatic N) is 2. The minimum atomic E-state index is -0.119. The number of rotatable bonds is 4. The number of nitrogens with one attached hydrogen (secondary N) is 2. The summed E-state index contributed by atoms with van der Waals surface area (Å²) in [4.78, 5) is 16.2. The molecule has 0 aromatic heterocycles. The van der Waals surface area contributed by atoms with E-state index in [0.717, 1.165) is 26.2 Å². The smallest absolute Gasteiger partial charge is 0.236 e. The number of carbonyl (C=O) groups is 1. The lowest BCUT2D eigenvalue weighted by Gasteiger charge is -2.37. The quantitative estimate of drug-likeness (QED) is 0.645. The SMILES string of the molecule is CNC(C)C(=O)NCC1CN(C)CCN1C. The molecular formula is C11H24N4O. The van der Waals surface area contributed by atoms with Crippen LogP contribution in [0.25, 0.3) is 0 Å². The van der Waals surface area contributed by atoms with Crippen LogP contribution in [0, 0.1) is 0 Å². The highest BCUT2D eigenvalue weighted by Crippen LogP contribution is 2.04. The van der Waals surface area contributed by atoms with E-state index < -0.39 is 0 Å². The van der Waals surface area contributed by atoms with E-state index in [2.05, 4.69) is 34.5 Å². The number of piperazine rings is 1. The molecule has 2 atom stereocenters. The van der Waals surface area contributed by atoms with Crippen LogP contribution in [0.3, 0.4) is 0 Å². The first-order valence-corrected chi connectivity index (χ1v) is 5.88. The Morgan fingerprint density at radius 2 is 2.12 bits per heavy atom. The van der Waals surface area contributed by atoms with Crippen LogP contribution in [-0.4, -0.2) is 75.1 Å². The van der Waals surface area contributed by atoms with Gasteiger partial charge in [0, 0.05) is 32.2 Å². The molecule has 1 heterocycles. The summed E-state index contributed by atoms with van der Waals surface area (Å²) < 4.78 is 0. The fraction of sp³-hybridized carbons (Fsp3) is 0.909. The first kappa shape index (κ1) is 13.4. The summed E-state index contributed by atoms with van der Waals surface area (Å²) in [5.74, 6) is 0.0733. The molecule has 1 fully saturated rings. The van der Waals surface area contributed by atoms with Crippen molar-refractivity contribution in [2.45, 2.75) is 19.0 Å². The number of amides is 1. The van der Waals surface area contributed by atoms with Crippen molar-refractivity contribution < 1.29 is 4.79 Å². The summed E-state index contributed by atoms with van der Waals surface area (Å²) in [5, 5.41) is 5.92. The molecule has 1 rings (SSSR count). The largest absolute Gasteiger partial charge is 0.353 e. The van der Waals surface area contributed by atoms with Crippen molar-refractivity contribution in [3.63, 3.8) is 0 Å². The molecule has 0 aromatic rings. The minimum Gasteiger partial charge on any atom is -0.353 e. The number of likely N-dealkylation sites (N-methyl/N-ethyl adjacent to an activating group) is 3. The van der Waals surface area contributed by atoms with Crippen LogP contribution in [0.2, 0.25) is 0 Å². The van der Waals surface area contributed by atoms with Gasteiger partial charge in [-0.3, -0.25) is 9.69 Å². The Labute approximate surface area is 98.2 Å². The molecular weight excluding hydrogens is 204 g/mol. The Morgan fingerprint density at radius 1 is 1.44 bits per heavy atom. The third-order valence-electron chi connectivity index (χ3n) is 3.32. The summed E-state index contributed by atoms with van der Waals surface area (Å²) in [6.45, 7) is 5.79. The van der Waals surface area contributed by atoms with Crippen LogP contribution < -0.4 is 10.6 Å². The molecule has 94 valence electrons. The van der Waals surface area contributed by atoms with Crippen LogP contribution in [-0.2, 0) is 4.79 Å². The van der Waals surface area contributed by atoms with E-state index in [0.29, 0.717) is 6.04 Å². The lowest BCUT2D eigenvalue weighted by atomic mass is 10.2. The van der Waals surface area contributed by atoms with E-state index in [1.807, 2.05) is 6.92 Å². The molecule has 1 amide bonds. The number of hydrogen-bond donors (Lipinski definition) is 2. The number of hydrogen-bond acceptors (Lipinski definition) is 4. The normalized spacial score (nSPS) is 25.4. The van der Waals surface area contributed by atoms with Crippen molar-refractivity contribution in [1.29, 1.82) is 0 Å². The predicted octanol–water partition coefficient (Wildman–Crippen LogP) is -1.04. The maximum absolute atomic E-state index is 11.6. The summed E-state index contributed by atoms with van der Waals surface area (Å²) in [5.41, 5.74) is 0.